The highest BCUT2D eigenvalue weighted by Crippen LogP contribution is 2.43. The predicted octanol–water partition coefficient (Wildman–Crippen LogP) is 3.35. The summed E-state index contributed by atoms with van der Waals surface area (Å²) in [6.07, 6.45) is 0.217. The SMILES string of the molecule is O=C(OCC[C@@]1(c2ccc(F)cc2F)CO1)c1ccc([N+](=O)[O-])cc1. The van der Waals surface area contributed by atoms with Crippen LogP contribution >= 0.6 is 0 Å². The monoisotopic (exact) mass is 349 g/mol. The molecule has 3 rings (SSSR count). The molecule has 1 heterocycles. The molecule has 0 bridgehead atoms. The molecule has 130 valence electrons. The third kappa shape index (κ3) is 3.63. The summed E-state index contributed by atoms with van der Waals surface area (Å²) in [4.78, 5) is 21.9. The minimum Gasteiger partial charge on any atom is -0.462 e. The second kappa shape index (κ2) is 6.56. The van der Waals surface area contributed by atoms with E-state index < -0.39 is 28.1 Å². The molecule has 1 saturated heterocycles. The number of carbonyl (C=O) groups excluding carboxylic acids is 1. The van der Waals surface area contributed by atoms with Gasteiger partial charge < -0.3 is 9.47 Å². The number of benzene rings is 2. The summed E-state index contributed by atoms with van der Waals surface area (Å²) in [5, 5.41) is 10.6. The average molecular weight is 349 g/mol. The fraction of sp³-hybridized carbons (Fsp3) is 0.235. The van der Waals surface area contributed by atoms with Crippen LogP contribution in [0.2, 0.25) is 0 Å². The molecule has 0 N–H and O–H groups in total. The van der Waals surface area contributed by atoms with Gasteiger partial charge in [-0.15, -0.1) is 0 Å². The zero-order valence-electron chi connectivity index (χ0n) is 12.9. The highest BCUT2D eigenvalue weighted by molar-refractivity contribution is 5.89. The van der Waals surface area contributed by atoms with Gasteiger partial charge >= 0.3 is 5.97 Å². The lowest BCUT2D eigenvalue weighted by atomic mass is 9.96. The van der Waals surface area contributed by atoms with E-state index in [0.717, 1.165) is 12.1 Å². The van der Waals surface area contributed by atoms with E-state index in [4.69, 9.17) is 9.47 Å². The molecular formula is C17H13F2NO5. The average Bonchev–Trinajstić information content (AvgIpc) is 3.35. The summed E-state index contributed by atoms with van der Waals surface area (Å²) in [6, 6.07) is 8.24. The minimum atomic E-state index is -0.909. The normalized spacial score (nSPS) is 18.6. The van der Waals surface area contributed by atoms with E-state index in [2.05, 4.69) is 0 Å². The molecule has 0 spiro atoms. The maximum Gasteiger partial charge on any atom is 0.338 e. The van der Waals surface area contributed by atoms with Crippen molar-refractivity contribution in [2.24, 2.45) is 0 Å². The number of ether oxygens (including phenoxy) is 2. The van der Waals surface area contributed by atoms with Gasteiger partial charge in [0.05, 0.1) is 23.7 Å². The van der Waals surface area contributed by atoms with Crippen molar-refractivity contribution in [1.29, 1.82) is 0 Å². The van der Waals surface area contributed by atoms with Crippen molar-refractivity contribution in [2.75, 3.05) is 13.2 Å². The number of non-ortho nitro benzene ring substituents is 1. The molecule has 1 aliphatic heterocycles. The minimum absolute atomic E-state index is 0.0351. The van der Waals surface area contributed by atoms with Crippen LogP contribution in [-0.2, 0) is 15.1 Å². The van der Waals surface area contributed by atoms with Crippen molar-refractivity contribution in [2.45, 2.75) is 12.0 Å². The highest BCUT2D eigenvalue weighted by Gasteiger charge is 2.48. The van der Waals surface area contributed by atoms with Gasteiger partial charge in [-0.05, 0) is 18.2 Å². The molecule has 1 aliphatic rings. The molecule has 0 amide bonds. The molecule has 0 saturated carbocycles. The molecular weight excluding hydrogens is 336 g/mol. The van der Waals surface area contributed by atoms with Gasteiger partial charge in [-0.1, -0.05) is 6.07 Å². The lowest BCUT2D eigenvalue weighted by molar-refractivity contribution is -0.384. The van der Waals surface area contributed by atoms with Gasteiger partial charge in [-0.3, -0.25) is 10.1 Å². The smallest absolute Gasteiger partial charge is 0.338 e. The number of carbonyl (C=O) groups is 1. The fourth-order valence-electron chi connectivity index (χ4n) is 2.49. The molecule has 0 aromatic heterocycles. The Morgan fingerprint density at radius 3 is 2.48 bits per heavy atom. The van der Waals surface area contributed by atoms with Crippen molar-refractivity contribution in [3.05, 3.63) is 75.3 Å². The van der Waals surface area contributed by atoms with E-state index in [1.165, 1.54) is 30.3 Å². The lowest BCUT2D eigenvalue weighted by Crippen LogP contribution is -2.16. The standard InChI is InChI=1S/C17H13F2NO5/c18-12-3-6-14(15(19)9-12)17(10-25-17)7-8-24-16(21)11-1-4-13(5-2-11)20(22)23/h1-6,9H,7-8,10H2/t17-/m0/s1. The van der Waals surface area contributed by atoms with Crippen LogP contribution in [0.4, 0.5) is 14.5 Å². The second-order valence-electron chi connectivity index (χ2n) is 5.60. The molecule has 1 atom stereocenters. The Balaban J connectivity index is 1.59. The summed E-state index contributed by atoms with van der Waals surface area (Å²) in [7, 11) is 0. The number of epoxide rings is 1. The van der Waals surface area contributed by atoms with Crippen molar-refractivity contribution < 1.29 is 28.0 Å². The Labute approximate surface area is 141 Å². The first-order valence-corrected chi connectivity index (χ1v) is 7.42. The maximum absolute atomic E-state index is 13.9. The first-order chi connectivity index (χ1) is 11.9. The van der Waals surface area contributed by atoms with Crippen molar-refractivity contribution in [3.63, 3.8) is 0 Å². The van der Waals surface area contributed by atoms with Crippen molar-refractivity contribution in [1.82, 2.24) is 0 Å². The third-order valence-corrected chi connectivity index (χ3v) is 3.97. The van der Waals surface area contributed by atoms with Crippen molar-refractivity contribution >= 4 is 11.7 Å². The summed E-state index contributed by atoms with van der Waals surface area (Å²) in [6.45, 7) is 0.220. The lowest BCUT2D eigenvalue weighted by Gasteiger charge is -2.13. The summed E-state index contributed by atoms with van der Waals surface area (Å²) in [5.74, 6) is -2.04. The van der Waals surface area contributed by atoms with E-state index >= 15 is 0 Å². The van der Waals surface area contributed by atoms with E-state index in [1.54, 1.807) is 0 Å². The Morgan fingerprint density at radius 2 is 1.92 bits per heavy atom. The Kier molecular flexibility index (Phi) is 4.45. The molecule has 0 radical (unpaired) electrons. The highest BCUT2D eigenvalue weighted by atomic mass is 19.1. The third-order valence-electron chi connectivity index (χ3n) is 3.97. The predicted molar refractivity (Wildman–Crippen MR) is 82.0 cm³/mol. The van der Waals surface area contributed by atoms with Gasteiger partial charge in [-0.2, -0.15) is 0 Å². The Morgan fingerprint density at radius 1 is 1.24 bits per heavy atom. The van der Waals surface area contributed by atoms with Gasteiger partial charge in [0.15, 0.2) is 0 Å². The zero-order chi connectivity index (χ0) is 18.0. The van der Waals surface area contributed by atoms with Gasteiger partial charge in [-0.25, -0.2) is 13.6 Å². The maximum atomic E-state index is 13.9. The van der Waals surface area contributed by atoms with Gasteiger partial charge in [0.25, 0.3) is 5.69 Å². The van der Waals surface area contributed by atoms with Gasteiger partial charge in [0.1, 0.15) is 17.2 Å². The Bertz CT molecular complexity index is 818. The van der Waals surface area contributed by atoms with Gasteiger partial charge in [0.2, 0.25) is 0 Å². The topological polar surface area (TPSA) is 82.0 Å². The zero-order valence-corrected chi connectivity index (χ0v) is 12.9. The largest absolute Gasteiger partial charge is 0.462 e. The first-order valence-electron chi connectivity index (χ1n) is 7.42. The number of nitro benzene ring substituents is 1. The van der Waals surface area contributed by atoms with Crippen LogP contribution in [0.1, 0.15) is 22.3 Å². The van der Waals surface area contributed by atoms with Crippen LogP contribution in [0, 0.1) is 21.7 Å². The summed E-state index contributed by atoms with van der Waals surface area (Å²) >= 11 is 0. The van der Waals surface area contributed by atoms with Crippen LogP contribution in [-0.4, -0.2) is 24.1 Å². The van der Waals surface area contributed by atoms with Crippen LogP contribution < -0.4 is 0 Å². The number of nitrogens with zero attached hydrogens (tertiary/aromatic N) is 1. The molecule has 6 nitrogen and oxygen atoms in total. The molecule has 1 fully saturated rings. The quantitative estimate of drug-likeness (QED) is 0.346. The summed E-state index contributed by atoms with van der Waals surface area (Å²) < 4.78 is 37.3. The molecule has 2 aromatic carbocycles. The van der Waals surface area contributed by atoms with Crippen LogP contribution in [0.5, 0.6) is 0 Å². The number of halogens is 2. The number of nitro groups is 1. The molecule has 2 aromatic rings. The van der Waals surface area contributed by atoms with Crippen molar-refractivity contribution in [3.8, 4) is 0 Å². The first kappa shape index (κ1) is 17.0. The molecule has 0 unspecified atom stereocenters. The number of hydrogen-bond acceptors (Lipinski definition) is 5. The summed E-state index contributed by atoms with van der Waals surface area (Å²) in [5.41, 5.74) is -0.647. The number of esters is 1. The van der Waals surface area contributed by atoms with E-state index in [9.17, 15) is 23.7 Å². The van der Waals surface area contributed by atoms with E-state index in [0.29, 0.717) is 0 Å². The Hall–Kier alpha value is -2.87. The molecule has 25 heavy (non-hydrogen) atoms. The van der Waals surface area contributed by atoms with Crippen LogP contribution in [0.3, 0.4) is 0 Å². The van der Waals surface area contributed by atoms with Crippen LogP contribution in [0.15, 0.2) is 42.5 Å². The number of rotatable bonds is 6. The fourth-order valence-corrected chi connectivity index (χ4v) is 2.49. The second-order valence-corrected chi connectivity index (χ2v) is 5.60. The van der Waals surface area contributed by atoms with Gasteiger partial charge in [0, 0.05) is 30.2 Å². The molecule has 8 heteroatoms. The van der Waals surface area contributed by atoms with E-state index in [-0.39, 0.29) is 36.4 Å². The van der Waals surface area contributed by atoms with Crippen LogP contribution in [0.25, 0.3) is 0 Å². The van der Waals surface area contributed by atoms with E-state index in [1.807, 2.05) is 0 Å². The molecule has 0 aliphatic carbocycles. The number of hydrogen-bond donors (Lipinski definition) is 0.